The maximum atomic E-state index is 12.6. The number of hydrogen-bond donors (Lipinski definition) is 1. The summed E-state index contributed by atoms with van der Waals surface area (Å²) in [6.45, 7) is 5.23. The topological polar surface area (TPSA) is 78.4 Å². The molecule has 1 atom stereocenters. The molecule has 1 aliphatic heterocycles. The largest absolute Gasteiger partial charge is 0.350 e. The predicted octanol–water partition coefficient (Wildman–Crippen LogP) is 1.63. The predicted molar refractivity (Wildman–Crippen MR) is 108 cm³/mol. The number of aromatic nitrogens is 2. The van der Waals surface area contributed by atoms with Crippen molar-refractivity contribution in [3.63, 3.8) is 0 Å². The average molecular weight is 400 g/mol. The fourth-order valence-electron chi connectivity index (χ4n) is 3.76. The number of amides is 2. The number of fused-ring (bicyclic) bond motifs is 1. The van der Waals surface area contributed by atoms with Crippen molar-refractivity contribution in [2.45, 2.75) is 32.7 Å². The SMILES string of the molecule is CC(=O)N1CCN(c2nc3c(s2)CC(C(=O)NCc2ccccn2)CC3)CC1. The molecule has 3 heterocycles. The minimum absolute atomic E-state index is 0.000859. The Morgan fingerprint density at radius 2 is 2.07 bits per heavy atom. The Kier molecular flexibility index (Phi) is 5.57. The fraction of sp³-hybridized carbons (Fsp3) is 0.500. The van der Waals surface area contributed by atoms with Gasteiger partial charge in [-0.15, -0.1) is 11.3 Å². The number of carbonyl (C=O) groups excluding carboxylic acids is 2. The monoisotopic (exact) mass is 399 g/mol. The normalized spacial score (nSPS) is 19.2. The van der Waals surface area contributed by atoms with Gasteiger partial charge >= 0.3 is 0 Å². The number of nitrogens with zero attached hydrogens (tertiary/aromatic N) is 4. The van der Waals surface area contributed by atoms with Crippen LogP contribution in [0.5, 0.6) is 0 Å². The number of piperazine rings is 1. The zero-order chi connectivity index (χ0) is 19.5. The lowest BCUT2D eigenvalue weighted by atomic mass is 9.90. The molecule has 1 unspecified atom stereocenters. The summed E-state index contributed by atoms with van der Waals surface area (Å²) in [6, 6.07) is 5.71. The van der Waals surface area contributed by atoms with E-state index in [1.165, 1.54) is 4.88 Å². The highest BCUT2D eigenvalue weighted by molar-refractivity contribution is 7.15. The third-order valence-electron chi connectivity index (χ3n) is 5.46. The summed E-state index contributed by atoms with van der Waals surface area (Å²) < 4.78 is 0. The minimum atomic E-state index is -0.000859. The van der Waals surface area contributed by atoms with E-state index in [0.717, 1.165) is 62.0 Å². The van der Waals surface area contributed by atoms with Crippen LogP contribution in [0.1, 0.15) is 29.6 Å². The maximum Gasteiger partial charge on any atom is 0.223 e. The van der Waals surface area contributed by atoms with E-state index in [4.69, 9.17) is 4.98 Å². The molecule has 0 saturated carbocycles. The molecule has 2 amide bonds. The second kappa shape index (κ2) is 8.26. The van der Waals surface area contributed by atoms with Gasteiger partial charge in [-0.2, -0.15) is 0 Å². The molecule has 0 radical (unpaired) electrons. The summed E-state index contributed by atoms with van der Waals surface area (Å²) >= 11 is 1.71. The van der Waals surface area contributed by atoms with Crippen LogP contribution >= 0.6 is 11.3 Å². The molecule has 148 valence electrons. The van der Waals surface area contributed by atoms with Gasteiger partial charge in [-0.1, -0.05) is 6.07 Å². The van der Waals surface area contributed by atoms with Crippen molar-refractivity contribution in [3.05, 3.63) is 40.7 Å². The third kappa shape index (κ3) is 4.16. The lowest BCUT2D eigenvalue weighted by molar-refractivity contribution is -0.129. The van der Waals surface area contributed by atoms with Crippen LogP contribution in [0.25, 0.3) is 0 Å². The van der Waals surface area contributed by atoms with Crippen LogP contribution in [0, 0.1) is 5.92 Å². The number of rotatable bonds is 4. The van der Waals surface area contributed by atoms with Crippen molar-refractivity contribution in [1.29, 1.82) is 0 Å². The van der Waals surface area contributed by atoms with Gasteiger partial charge in [-0.3, -0.25) is 14.6 Å². The summed E-state index contributed by atoms with van der Waals surface area (Å²) in [5.41, 5.74) is 2.01. The van der Waals surface area contributed by atoms with Crippen molar-refractivity contribution in [2.75, 3.05) is 31.1 Å². The zero-order valence-electron chi connectivity index (χ0n) is 16.1. The zero-order valence-corrected chi connectivity index (χ0v) is 16.9. The number of aryl methyl sites for hydroxylation is 1. The Labute approximate surface area is 168 Å². The second-order valence-corrected chi connectivity index (χ2v) is 8.40. The smallest absolute Gasteiger partial charge is 0.223 e. The van der Waals surface area contributed by atoms with E-state index in [0.29, 0.717) is 6.54 Å². The molecule has 2 aromatic heterocycles. The average Bonchev–Trinajstić information content (AvgIpc) is 3.16. The number of anilines is 1. The van der Waals surface area contributed by atoms with Crippen LogP contribution in [0.3, 0.4) is 0 Å². The quantitative estimate of drug-likeness (QED) is 0.845. The van der Waals surface area contributed by atoms with Gasteiger partial charge in [-0.25, -0.2) is 4.98 Å². The van der Waals surface area contributed by atoms with Gasteiger partial charge in [0.2, 0.25) is 11.8 Å². The molecular formula is C20H25N5O2S. The Hall–Kier alpha value is -2.48. The van der Waals surface area contributed by atoms with Crippen LogP contribution in [0.15, 0.2) is 24.4 Å². The van der Waals surface area contributed by atoms with E-state index in [2.05, 4.69) is 15.2 Å². The van der Waals surface area contributed by atoms with Gasteiger partial charge in [-0.05, 0) is 31.4 Å². The molecule has 28 heavy (non-hydrogen) atoms. The summed E-state index contributed by atoms with van der Waals surface area (Å²) in [4.78, 5) is 38.5. The van der Waals surface area contributed by atoms with Gasteiger partial charge in [0.25, 0.3) is 0 Å². The standard InChI is InChI=1S/C20H25N5O2S/c1-14(26)24-8-10-25(11-9-24)20-23-17-6-5-15(12-18(17)28-20)19(27)22-13-16-4-2-3-7-21-16/h2-4,7,15H,5-6,8-13H2,1H3,(H,22,27). The lowest BCUT2D eigenvalue weighted by Crippen LogP contribution is -2.48. The van der Waals surface area contributed by atoms with Crippen molar-refractivity contribution in [2.24, 2.45) is 5.92 Å². The molecule has 2 aromatic rings. The van der Waals surface area contributed by atoms with Gasteiger partial charge in [0.05, 0.1) is 17.9 Å². The number of pyridine rings is 1. The van der Waals surface area contributed by atoms with E-state index in [9.17, 15) is 9.59 Å². The van der Waals surface area contributed by atoms with Crippen molar-refractivity contribution in [1.82, 2.24) is 20.2 Å². The first-order valence-corrected chi connectivity index (χ1v) is 10.6. The van der Waals surface area contributed by atoms with Crippen LogP contribution in [0.4, 0.5) is 5.13 Å². The number of hydrogen-bond acceptors (Lipinski definition) is 6. The molecule has 0 aromatic carbocycles. The molecule has 7 nitrogen and oxygen atoms in total. The van der Waals surface area contributed by atoms with E-state index < -0.39 is 0 Å². The summed E-state index contributed by atoms with van der Waals surface area (Å²) in [7, 11) is 0. The molecule has 2 aliphatic rings. The van der Waals surface area contributed by atoms with Crippen molar-refractivity contribution >= 4 is 28.3 Å². The Morgan fingerprint density at radius 1 is 1.25 bits per heavy atom. The minimum Gasteiger partial charge on any atom is -0.350 e. The number of carbonyl (C=O) groups is 2. The summed E-state index contributed by atoms with van der Waals surface area (Å²) in [6.07, 6.45) is 4.18. The van der Waals surface area contributed by atoms with E-state index in [1.54, 1.807) is 24.5 Å². The molecule has 1 N–H and O–H groups in total. The molecule has 4 rings (SSSR count). The first-order chi connectivity index (χ1) is 13.6. The Balaban J connectivity index is 1.34. The van der Waals surface area contributed by atoms with Crippen LogP contribution in [-0.2, 0) is 29.0 Å². The Morgan fingerprint density at radius 3 is 2.79 bits per heavy atom. The highest BCUT2D eigenvalue weighted by Crippen LogP contribution is 2.34. The van der Waals surface area contributed by atoms with Crippen LogP contribution in [-0.4, -0.2) is 52.9 Å². The van der Waals surface area contributed by atoms with Crippen LogP contribution in [0.2, 0.25) is 0 Å². The lowest BCUT2D eigenvalue weighted by Gasteiger charge is -2.33. The van der Waals surface area contributed by atoms with Gasteiger partial charge < -0.3 is 15.1 Å². The number of nitrogens with one attached hydrogen (secondary N) is 1. The molecular weight excluding hydrogens is 374 g/mol. The molecule has 1 aliphatic carbocycles. The third-order valence-corrected chi connectivity index (χ3v) is 6.65. The highest BCUT2D eigenvalue weighted by atomic mass is 32.1. The molecule has 8 heteroatoms. The second-order valence-electron chi connectivity index (χ2n) is 7.34. The molecule has 1 saturated heterocycles. The summed E-state index contributed by atoms with van der Waals surface area (Å²) in [5.74, 6) is 0.234. The Bertz CT molecular complexity index is 846. The first kappa shape index (κ1) is 18.9. The van der Waals surface area contributed by atoms with Crippen molar-refractivity contribution < 1.29 is 9.59 Å². The molecule has 0 spiro atoms. The van der Waals surface area contributed by atoms with E-state index >= 15 is 0 Å². The van der Waals surface area contributed by atoms with Crippen LogP contribution < -0.4 is 10.2 Å². The molecule has 0 bridgehead atoms. The van der Waals surface area contributed by atoms with E-state index in [1.807, 2.05) is 23.1 Å². The highest BCUT2D eigenvalue weighted by Gasteiger charge is 2.29. The van der Waals surface area contributed by atoms with Gasteiger partial charge in [0.1, 0.15) is 0 Å². The van der Waals surface area contributed by atoms with Crippen molar-refractivity contribution in [3.8, 4) is 0 Å². The number of thiazole rings is 1. The summed E-state index contributed by atoms with van der Waals surface area (Å²) in [5, 5.41) is 4.05. The molecule has 1 fully saturated rings. The maximum absolute atomic E-state index is 12.6. The van der Waals surface area contributed by atoms with Gasteiger partial charge in [0.15, 0.2) is 5.13 Å². The van der Waals surface area contributed by atoms with Gasteiger partial charge in [0, 0.05) is 50.1 Å². The first-order valence-electron chi connectivity index (χ1n) is 9.77. The fourth-order valence-corrected chi connectivity index (χ4v) is 5.00. The van der Waals surface area contributed by atoms with E-state index in [-0.39, 0.29) is 17.7 Å².